The van der Waals surface area contributed by atoms with Crippen molar-refractivity contribution in [3.63, 3.8) is 0 Å². The predicted octanol–water partition coefficient (Wildman–Crippen LogP) is 2.10. The van der Waals surface area contributed by atoms with E-state index in [1.165, 1.54) is 18.4 Å². The van der Waals surface area contributed by atoms with E-state index >= 15 is 0 Å². The van der Waals surface area contributed by atoms with Crippen LogP contribution in [0.15, 0.2) is 0 Å². The van der Waals surface area contributed by atoms with Crippen LogP contribution in [0, 0.1) is 0 Å². The second-order valence-corrected chi connectivity index (χ2v) is 7.06. The Morgan fingerprint density at radius 1 is 1.33 bits per heavy atom. The lowest BCUT2D eigenvalue weighted by Gasteiger charge is -2.20. The fourth-order valence-electron chi connectivity index (χ4n) is 2.22. The van der Waals surface area contributed by atoms with Gasteiger partial charge in [-0.1, -0.05) is 0 Å². The molecule has 2 rings (SSSR count). The van der Waals surface area contributed by atoms with Crippen LogP contribution in [0.2, 0.25) is 0 Å². The second-order valence-electron chi connectivity index (χ2n) is 5.96. The first-order valence-corrected chi connectivity index (χ1v) is 7.66. The van der Waals surface area contributed by atoms with Gasteiger partial charge in [-0.3, -0.25) is 5.32 Å². The zero-order valence-corrected chi connectivity index (χ0v) is 13.6. The number of hydrogen-bond donors (Lipinski definition) is 3. The van der Waals surface area contributed by atoms with Gasteiger partial charge in [-0.2, -0.15) is 0 Å². The monoisotopic (exact) mass is 311 g/mol. The Balaban J connectivity index is 2.28. The van der Waals surface area contributed by atoms with E-state index in [1.807, 2.05) is 20.8 Å². The van der Waals surface area contributed by atoms with Gasteiger partial charge in [0.1, 0.15) is 5.00 Å². The van der Waals surface area contributed by atoms with Crippen LogP contribution < -0.4 is 16.0 Å². The Bertz CT molecular complexity index is 561. The number of ether oxygens (including phenoxy) is 1. The fourth-order valence-corrected chi connectivity index (χ4v) is 3.42. The number of rotatable bonds is 2. The van der Waals surface area contributed by atoms with E-state index in [1.54, 1.807) is 0 Å². The van der Waals surface area contributed by atoms with Crippen LogP contribution in [-0.2, 0) is 17.7 Å². The maximum atomic E-state index is 12.0. The number of methoxy groups -OCH3 is 1. The average Bonchev–Trinajstić information content (AvgIpc) is 2.73. The number of amides is 2. The van der Waals surface area contributed by atoms with Crippen LogP contribution in [0.1, 0.15) is 41.6 Å². The SMILES string of the molecule is COC(=O)c1c(NC(=O)NC(C)(C)C)sc2c1CCNC2. The van der Waals surface area contributed by atoms with Crippen LogP contribution in [0.4, 0.5) is 9.80 Å². The molecule has 1 aliphatic heterocycles. The van der Waals surface area contributed by atoms with E-state index in [0.29, 0.717) is 17.1 Å². The third-order valence-corrected chi connectivity index (χ3v) is 4.18. The topological polar surface area (TPSA) is 79.5 Å². The average molecular weight is 311 g/mol. The van der Waals surface area contributed by atoms with Gasteiger partial charge < -0.3 is 15.4 Å². The molecule has 7 heteroatoms. The van der Waals surface area contributed by atoms with E-state index in [9.17, 15) is 9.59 Å². The van der Waals surface area contributed by atoms with Gasteiger partial charge in [0.25, 0.3) is 0 Å². The lowest BCUT2D eigenvalue weighted by Crippen LogP contribution is -2.43. The van der Waals surface area contributed by atoms with Crippen molar-refractivity contribution in [3.8, 4) is 0 Å². The normalized spacial score (nSPS) is 14.3. The summed E-state index contributed by atoms with van der Waals surface area (Å²) in [4.78, 5) is 25.1. The molecule has 0 unspecified atom stereocenters. The minimum atomic E-state index is -0.402. The summed E-state index contributed by atoms with van der Waals surface area (Å²) in [6, 6.07) is -0.320. The summed E-state index contributed by atoms with van der Waals surface area (Å²) in [5, 5.41) is 9.41. The lowest BCUT2D eigenvalue weighted by molar-refractivity contribution is 0.0601. The molecule has 3 N–H and O–H groups in total. The first-order valence-electron chi connectivity index (χ1n) is 6.84. The minimum absolute atomic E-state index is 0.320. The summed E-state index contributed by atoms with van der Waals surface area (Å²) in [6.07, 6.45) is 0.763. The number of fused-ring (bicyclic) bond motifs is 1. The predicted molar refractivity (Wildman–Crippen MR) is 83.0 cm³/mol. The molecule has 0 aliphatic carbocycles. The van der Waals surface area contributed by atoms with Crippen molar-refractivity contribution in [2.24, 2.45) is 0 Å². The minimum Gasteiger partial charge on any atom is -0.465 e. The van der Waals surface area contributed by atoms with Gasteiger partial charge in [0, 0.05) is 17.0 Å². The van der Waals surface area contributed by atoms with Crippen LogP contribution in [-0.4, -0.2) is 31.2 Å². The van der Waals surface area contributed by atoms with Crippen LogP contribution in [0.25, 0.3) is 0 Å². The third-order valence-electron chi connectivity index (χ3n) is 3.03. The number of hydrogen-bond acceptors (Lipinski definition) is 5. The Kier molecular flexibility index (Phi) is 4.53. The smallest absolute Gasteiger partial charge is 0.341 e. The number of esters is 1. The molecular weight excluding hydrogens is 290 g/mol. The van der Waals surface area contributed by atoms with Crippen LogP contribution >= 0.6 is 11.3 Å². The molecule has 1 aromatic heterocycles. The molecule has 0 aromatic carbocycles. The standard InChI is InChI=1S/C14H21N3O3S/c1-14(2,3)17-13(19)16-11-10(12(18)20-4)8-5-6-15-7-9(8)21-11/h15H,5-7H2,1-4H3,(H2,16,17,19). The maximum Gasteiger partial charge on any atom is 0.341 e. The number of carbonyl (C=O) groups is 2. The Morgan fingerprint density at radius 3 is 2.67 bits per heavy atom. The molecule has 0 saturated heterocycles. The molecule has 0 atom stereocenters. The molecule has 21 heavy (non-hydrogen) atoms. The molecular formula is C14H21N3O3S. The van der Waals surface area contributed by atoms with E-state index in [-0.39, 0.29) is 11.6 Å². The van der Waals surface area contributed by atoms with E-state index in [2.05, 4.69) is 16.0 Å². The van der Waals surface area contributed by atoms with Gasteiger partial charge in [0.05, 0.1) is 12.7 Å². The number of nitrogens with one attached hydrogen (secondary N) is 3. The maximum absolute atomic E-state index is 12.0. The lowest BCUT2D eigenvalue weighted by atomic mass is 10.0. The molecule has 0 radical (unpaired) electrons. The van der Waals surface area contributed by atoms with E-state index in [0.717, 1.165) is 23.4 Å². The number of urea groups is 1. The molecule has 1 aromatic rings. The zero-order chi connectivity index (χ0) is 15.6. The molecule has 6 nitrogen and oxygen atoms in total. The molecule has 0 spiro atoms. The van der Waals surface area contributed by atoms with Crippen molar-refractivity contribution in [2.45, 2.75) is 39.3 Å². The van der Waals surface area contributed by atoms with Crippen molar-refractivity contribution in [3.05, 3.63) is 16.0 Å². The fraction of sp³-hybridized carbons (Fsp3) is 0.571. The van der Waals surface area contributed by atoms with Crippen molar-refractivity contribution >= 4 is 28.3 Å². The highest BCUT2D eigenvalue weighted by Gasteiger charge is 2.27. The Morgan fingerprint density at radius 2 is 2.05 bits per heavy atom. The van der Waals surface area contributed by atoms with Gasteiger partial charge in [0.2, 0.25) is 0 Å². The summed E-state index contributed by atoms with van der Waals surface area (Å²) in [7, 11) is 1.35. The highest BCUT2D eigenvalue weighted by Crippen LogP contribution is 2.35. The van der Waals surface area contributed by atoms with Gasteiger partial charge in [0.15, 0.2) is 0 Å². The van der Waals surface area contributed by atoms with Crippen molar-refractivity contribution in [2.75, 3.05) is 19.0 Å². The Labute approximate surface area is 128 Å². The molecule has 2 heterocycles. The molecule has 116 valence electrons. The summed E-state index contributed by atoms with van der Waals surface area (Å²) in [6.45, 7) is 7.24. The van der Waals surface area contributed by atoms with Crippen molar-refractivity contribution in [1.29, 1.82) is 0 Å². The zero-order valence-electron chi connectivity index (χ0n) is 12.8. The Hall–Kier alpha value is -1.60. The molecule has 1 aliphatic rings. The van der Waals surface area contributed by atoms with Crippen LogP contribution in [0.3, 0.4) is 0 Å². The van der Waals surface area contributed by atoms with E-state index in [4.69, 9.17) is 4.74 Å². The molecule has 2 amide bonds. The van der Waals surface area contributed by atoms with Crippen molar-refractivity contribution in [1.82, 2.24) is 10.6 Å². The highest BCUT2D eigenvalue weighted by atomic mass is 32.1. The van der Waals surface area contributed by atoms with Gasteiger partial charge in [-0.05, 0) is 39.3 Å². The molecule has 0 saturated carbocycles. The molecule has 0 bridgehead atoms. The highest BCUT2D eigenvalue weighted by molar-refractivity contribution is 7.17. The summed E-state index contributed by atoms with van der Waals surface area (Å²) >= 11 is 1.42. The first-order chi connectivity index (χ1) is 9.81. The summed E-state index contributed by atoms with van der Waals surface area (Å²) in [5.74, 6) is -0.402. The molecule has 0 fully saturated rings. The number of carbonyl (C=O) groups excluding carboxylic acids is 2. The summed E-state index contributed by atoms with van der Waals surface area (Å²) in [5.41, 5.74) is 1.13. The van der Waals surface area contributed by atoms with Gasteiger partial charge in [-0.15, -0.1) is 11.3 Å². The number of thiophene rings is 1. The number of anilines is 1. The largest absolute Gasteiger partial charge is 0.465 e. The quantitative estimate of drug-likeness (QED) is 0.731. The van der Waals surface area contributed by atoms with Gasteiger partial charge in [-0.25, -0.2) is 9.59 Å². The second kappa shape index (κ2) is 6.03. The van der Waals surface area contributed by atoms with Crippen LogP contribution in [0.5, 0.6) is 0 Å². The summed E-state index contributed by atoms with van der Waals surface area (Å²) < 4.78 is 4.86. The first kappa shape index (κ1) is 15.8. The van der Waals surface area contributed by atoms with Crippen molar-refractivity contribution < 1.29 is 14.3 Å². The van der Waals surface area contributed by atoms with Gasteiger partial charge >= 0.3 is 12.0 Å². The van der Waals surface area contributed by atoms with E-state index < -0.39 is 5.97 Å². The third kappa shape index (κ3) is 3.74.